The molecule has 0 radical (unpaired) electrons. The van der Waals surface area contributed by atoms with E-state index in [-0.39, 0.29) is 0 Å². The molecular formula is C11H14BN. The van der Waals surface area contributed by atoms with E-state index in [0.717, 1.165) is 0 Å². The smallest absolute Gasteiger partial charge is 0.281 e. The Hall–Kier alpha value is -1.18. The van der Waals surface area contributed by atoms with Crippen LogP contribution >= 0.6 is 0 Å². The van der Waals surface area contributed by atoms with Gasteiger partial charge in [0.15, 0.2) is 0 Å². The van der Waals surface area contributed by atoms with Crippen LogP contribution in [-0.4, -0.2) is 6.85 Å². The quantitative estimate of drug-likeness (QED) is 0.640. The molecule has 0 amide bonds. The molecule has 1 aliphatic heterocycles. The third kappa shape index (κ3) is 1.62. The van der Waals surface area contributed by atoms with Gasteiger partial charge in [0.2, 0.25) is 0 Å². The third-order valence-corrected chi connectivity index (χ3v) is 2.48. The molecule has 0 spiro atoms. The highest BCUT2D eigenvalue weighted by atomic mass is 14.8. The molecule has 66 valence electrons. The lowest BCUT2D eigenvalue weighted by atomic mass is 9.51. The van der Waals surface area contributed by atoms with Crippen LogP contribution in [-0.2, 0) is 0 Å². The lowest BCUT2D eigenvalue weighted by Gasteiger charge is -2.21. The zero-order chi connectivity index (χ0) is 9.26. The van der Waals surface area contributed by atoms with E-state index in [1.165, 1.54) is 11.3 Å². The Balaban J connectivity index is 2.29. The Labute approximate surface area is 80.0 Å². The molecule has 1 nitrogen and oxygen atoms in total. The van der Waals surface area contributed by atoms with Crippen molar-refractivity contribution in [2.45, 2.75) is 19.7 Å². The molecule has 2 heteroatoms. The minimum absolute atomic E-state index is 0.481. The molecule has 1 aromatic carbocycles. The summed E-state index contributed by atoms with van der Waals surface area (Å²) in [7, 11) is 0. The highest BCUT2D eigenvalue weighted by molar-refractivity contribution is 6.70. The summed E-state index contributed by atoms with van der Waals surface area (Å²) in [4.78, 5) is 0. The van der Waals surface area contributed by atoms with Crippen LogP contribution in [0.15, 0.2) is 30.2 Å². The van der Waals surface area contributed by atoms with E-state index in [1.54, 1.807) is 0 Å². The van der Waals surface area contributed by atoms with Crippen LogP contribution < -0.4 is 5.23 Å². The van der Waals surface area contributed by atoms with Crippen molar-refractivity contribution in [3.8, 4) is 0 Å². The van der Waals surface area contributed by atoms with Gasteiger partial charge in [-0.2, -0.15) is 0 Å². The van der Waals surface area contributed by atoms with Crippen LogP contribution in [0.3, 0.4) is 0 Å². The highest BCUT2D eigenvalue weighted by Crippen LogP contribution is 2.24. The van der Waals surface area contributed by atoms with Crippen molar-refractivity contribution in [2.24, 2.45) is 0 Å². The summed E-state index contributed by atoms with van der Waals surface area (Å²) in [5.74, 6) is 2.89. The Morgan fingerprint density at radius 3 is 2.77 bits per heavy atom. The highest BCUT2D eigenvalue weighted by Gasteiger charge is 2.19. The van der Waals surface area contributed by atoms with Crippen LogP contribution in [0, 0.1) is 0 Å². The molecule has 1 aromatic rings. The van der Waals surface area contributed by atoms with Crippen molar-refractivity contribution in [1.82, 2.24) is 0 Å². The van der Waals surface area contributed by atoms with Gasteiger partial charge in [-0.05, 0) is 17.4 Å². The van der Waals surface area contributed by atoms with Crippen LogP contribution in [0.4, 0.5) is 5.69 Å². The molecule has 0 aliphatic carbocycles. The number of nitrogens with one attached hydrogen (secondary N) is 1. The average Bonchev–Trinajstić information content (AvgIpc) is 2.17. The van der Waals surface area contributed by atoms with E-state index >= 15 is 0 Å². The molecule has 2 rings (SSSR count). The number of hydrogen-bond donors (Lipinski definition) is 1. The molecule has 0 saturated heterocycles. The summed E-state index contributed by atoms with van der Waals surface area (Å²) in [6, 6.07) is 8.41. The molecule has 0 bridgehead atoms. The Kier molecular flexibility index (Phi) is 2.13. The van der Waals surface area contributed by atoms with Crippen molar-refractivity contribution in [1.29, 1.82) is 0 Å². The van der Waals surface area contributed by atoms with E-state index in [9.17, 15) is 0 Å². The first kappa shape index (κ1) is 8.42. The molecule has 1 aliphatic rings. The maximum atomic E-state index is 3.51. The van der Waals surface area contributed by atoms with Gasteiger partial charge in [-0.3, -0.25) is 0 Å². The molecule has 1 heterocycles. The molecule has 1 N–H and O–H groups in total. The third-order valence-electron chi connectivity index (χ3n) is 2.48. The predicted octanol–water partition coefficient (Wildman–Crippen LogP) is 3.07. The summed E-state index contributed by atoms with van der Waals surface area (Å²) >= 11 is 0. The van der Waals surface area contributed by atoms with E-state index in [2.05, 4.69) is 55.4 Å². The normalized spacial score (nSPS) is 14.2. The second kappa shape index (κ2) is 3.29. The Morgan fingerprint density at radius 2 is 2.00 bits per heavy atom. The minimum atomic E-state index is 0.481. The average molecular weight is 171 g/mol. The maximum Gasteiger partial charge on any atom is 0.281 e. The molecule has 13 heavy (non-hydrogen) atoms. The van der Waals surface area contributed by atoms with E-state index in [4.69, 9.17) is 0 Å². The van der Waals surface area contributed by atoms with Gasteiger partial charge in [0.25, 0.3) is 6.85 Å². The van der Waals surface area contributed by atoms with Gasteiger partial charge in [-0.15, -0.1) is 0 Å². The van der Waals surface area contributed by atoms with Gasteiger partial charge in [0, 0.05) is 5.69 Å². The van der Waals surface area contributed by atoms with Gasteiger partial charge < -0.3 is 5.23 Å². The summed E-state index contributed by atoms with van der Waals surface area (Å²) in [6.07, 6.45) is 2.20. The lowest BCUT2D eigenvalue weighted by Crippen LogP contribution is -2.28. The molecule has 0 aromatic heterocycles. The van der Waals surface area contributed by atoms with Crippen molar-refractivity contribution in [3.05, 3.63) is 35.8 Å². The predicted molar refractivity (Wildman–Crippen MR) is 60.0 cm³/mol. The first-order chi connectivity index (χ1) is 6.27. The summed E-state index contributed by atoms with van der Waals surface area (Å²) < 4.78 is 0. The number of fused-ring (bicyclic) bond motifs is 1. The monoisotopic (exact) mass is 171 g/mol. The van der Waals surface area contributed by atoms with E-state index in [0.29, 0.717) is 12.7 Å². The lowest BCUT2D eigenvalue weighted by molar-refractivity contribution is 1.04. The maximum absolute atomic E-state index is 3.51. The standard InChI is InChI=1S/C11H14BN/c1-9(2)12-8-7-10-5-3-4-6-11(10)13-12/h3-9,13H,1-2H3. The fraction of sp³-hybridized carbons (Fsp3) is 0.273. The molecule has 0 fully saturated rings. The van der Waals surface area contributed by atoms with Gasteiger partial charge in [-0.25, -0.2) is 0 Å². The van der Waals surface area contributed by atoms with E-state index < -0.39 is 0 Å². The zero-order valence-electron chi connectivity index (χ0n) is 8.12. The van der Waals surface area contributed by atoms with Crippen molar-refractivity contribution >= 4 is 18.6 Å². The zero-order valence-corrected chi connectivity index (χ0v) is 8.12. The van der Waals surface area contributed by atoms with Gasteiger partial charge in [0.1, 0.15) is 0 Å². The molecular weight excluding hydrogens is 157 g/mol. The second-order valence-electron chi connectivity index (χ2n) is 3.86. The largest absolute Gasteiger partial charge is 0.424 e. The number of anilines is 1. The number of benzene rings is 1. The van der Waals surface area contributed by atoms with Gasteiger partial charge in [0.05, 0.1) is 0 Å². The van der Waals surface area contributed by atoms with Crippen molar-refractivity contribution < 1.29 is 0 Å². The van der Waals surface area contributed by atoms with Gasteiger partial charge in [-0.1, -0.05) is 44.1 Å². The number of para-hydroxylation sites is 1. The molecule has 0 atom stereocenters. The molecule has 0 unspecified atom stereocenters. The summed E-state index contributed by atoms with van der Waals surface area (Å²) in [5, 5.41) is 3.51. The topological polar surface area (TPSA) is 12.0 Å². The second-order valence-corrected chi connectivity index (χ2v) is 3.86. The van der Waals surface area contributed by atoms with Crippen LogP contribution in [0.1, 0.15) is 19.4 Å². The number of hydrogen-bond acceptors (Lipinski definition) is 1. The van der Waals surface area contributed by atoms with Crippen LogP contribution in [0.2, 0.25) is 5.82 Å². The summed E-state index contributed by atoms with van der Waals surface area (Å²) in [5.41, 5.74) is 2.54. The SMILES string of the molecule is CC(C)B1C=Cc2ccccc2N1. The first-order valence-corrected chi connectivity index (χ1v) is 4.81. The fourth-order valence-corrected chi connectivity index (χ4v) is 1.60. The van der Waals surface area contributed by atoms with Crippen LogP contribution in [0.25, 0.3) is 6.08 Å². The Morgan fingerprint density at radius 1 is 1.23 bits per heavy atom. The van der Waals surface area contributed by atoms with E-state index in [1.807, 2.05) is 0 Å². The van der Waals surface area contributed by atoms with Crippen molar-refractivity contribution in [2.75, 3.05) is 5.23 Å². The minimum Gasteiger partial charge on any atom is -0.424 e. The van der Waals surface area contributed by atoms with Crippen LogP contribution in [0.5, 0.6) is 0 Å². The Bertz CT molecular complexity index is 331. The molecule has 0 saturated carbocycles. The van der Waals surface area contributed by atoms with Crippen molar-refractivity contribution in [3.63, 3.8) is 0 Å². The first-order valence-electron chi connectivity index (χ1n) is 4.81. The van der Waals surface area contributed by atoms with Gasteiger partial charge >= 0.3 is 0 Å². The fourth-order valence-electron chi connectivity index (χ4n) is 1.60. The number of rotatable bonds is 1. The summed E-state index contributed by atoms with van der Waals surface area (Å²) in [6.45, 7) is 4.95.